The first kappa shape index (κ1) is 38.6. The molecule has 0 spiro atoms. The number of carboxylic acids is 4. The van der Waals surface area contributed by atoms with Crippen LogP contribution in [0.4, 0.5) is 11.4 Å². The van der Waals surface area contributed by atoms with Crippen LogP contribution in [0.1, 0.15) is 25.7 Å². The van der Waals surface area contributed by atoms with Gasteiger partial charge >= 0.3 is 23.9 Å². The van der Waals surface area contributed by atoms with E-state index < -0.39 is 23.9 Å². The van der Waals surface area contributed by atoms with Crippen molar-refractivity contribution in [1.82, 2.24) is 9.80 Å². The lowest BCUT2D eigenvalue weighted by Gasteiger charge is -2.22. The summed E-state index contributed by atoms with van der Waals surface area (Å²) >= 11 is 1.85. The number of likely N-dealkylation sites (tertiary alicyclic amines) is 2. The number of fused-ring (bicyclic) bond motifs is 1. The highest BCUT2D eigenvalue weighted by atomic mass is 32.1. The zero-order valence-corrected chi connectivity index (χ0v) is 29.2. The molecular formula is C37H43N3O10S. The van der Waals surface area contributed by atoms with Gasteiger partial charge in [-0.1, -0.05) is 18.2 Å². The maximum Gasteiger partial charge on any atom is 0.414 e. The summed E-state index contributed by atoms with van der Waals surface area (Å²) in [5, 5.41) is 30.8. The summed E-state index contributed by atoms with van der Waals surface area (Å²) in [5.41, 5.74) is 3.60. The SMILES string of the molecule is CN(c1ccc(OCCN2CCCC2)cc1)c1c(-c2ccc(OCCN3CCCC3)cc2)sc2ccccc12.O=C(O)C(=O)O.O=C(O)C(=O)O. The van der Waals surface area contributed by atoms with Gasteiger partial charge < -0.3 is 34.8 Å². The standard InChI is InChI=1S/C33H39N3O2S.2C2H2O4/c1-34(27-12-16-29(17-13-27)38-25-23-36-20-6-7-21-36)32-30-8-2-3-9-31(30)39-33(32)26-10-14-28(15-11-26)37-24-22-35-18-4-5-19-35;2*3-1(4)2(5)6/h2-3,8-17H,4-7,18-25H2,1H3;2*(H,3,4)(H,5,6). The Morgan fingerprint density at radius 1 is 0.647 bits per heavy atom. The number of hydrogen-bond acceptors (Lipinski definition) is 10. The molecule has 0 radical (unpaired) electrons. The minimum Gasteiger partial charge on any atom is -0.492 e. The van der Waals surface area contributed by atoms with Crippen molar-refractivity contribution in [2.24, 2.45) is 0 Å². The maximum atomic E-state index is 9.10. The van der Waals surface area contributed by atoms with E-state index in [1.807, 2.05) is 11.3 Å². The maximum absolute atomic E-state index is 9.10. The summed E-state index contributed by atoms with van der Waals surface area (Å²) in [4.78, 5) is 44.9. The lowest BCUT2D eigenvalue weighted by Crippen LogP contribution is -2.25. The third-order valence-corrected chi connectivity index (χ3v) is 9.57. The fourth-order valence-corrected chi connectivity index (χ4v) is 6.99. The molecule has 2 aliphatic rings. The predicted octanol–water partition coefficient (Wildman–Crippen LogP) is 5.60. The van der Waals surface area contributed by atoms with Crippen LogP contribution in [-0.4, -0.2) is 114 Å². The molecule has 51 heavy (non-hydrogen) atoms. The van der Waals surface area contributed by atoms with Crippen LogP contribution in [0.5, 0.6) is 11.5 Å². The van der Waals surface area contributed by atoms with Gasteiger partial charge in [-0.25, -0.2) is 19.2 Å². The predicted molar refractivity (Wildman–Crippen MR) is 195 cm³/mol. The molecule has 4 N–H and O–H groups in total. The lowest BCUT2D eigenvalue weighted by molar-refractivity contribution is -0.159. The summed E-state index contributed by atoms with van der Waals surface area (Å²) in [7, 11) is 2.16. The number of rotatable bonds is 11. The minimum atomic E-state index is -1.82. The van der Waals surface area contributed by atoms with E-state index in [0.717, 1.165) is 43.5 Å². The number of carbonyl (C=O) groups is 4. The number of carboxylic acid groups (broad SMARTS) is 4. The molecule has 1 aromatic heterocycles. The van der Waals surface area contributed by atoms with Crippen molar-refractivity contribution in [2.45, 2.75) is 25.7 Å². The van der Waals surface area contributed by atoms with Crippen LogP contribution in [0.25, 0.3) is 20.5 Å². The van der Waals surface area contributed by atoms with Crippen molar-refractivity contribution in [3.63, 3.8) is 0 Å². The molecule has 0 bridgehead atoms. The topological polar surface area (TPSA) is 177 Å². The van der Waals surface area contributed by atoms with Crippen LogP contribution in [0, 0.1) is 0 Å². The van der Waals surface area contributed by atoms with Gasteiger partial charge in [0.05, 0.1) is 10.6 Å². The zero-order chi connectivity index (χ0) is 36.8. The summed E-state index contributed by atoms with van der Waals surface area (Å²) in [5.74, 6) is -5.42. The summed E-state index contributed by atoms with van der Waals surface area (Å²) in [6.45, 7) is 8.33. The van der Waals surface area contributed by atoms with Crippen LogP contribution < -0.4 is 14.4 Å². The molecule has 0 aliphatic carbocycles. The van der Waals surface area contributed by atoms with Crippen molar-refractivity contribution >= 4 is 56.7 Å². The molecule has 0 saturated carbocycles. The van der Waals surface area contributed by atoms with Crippen LogP contribution in [0.2, 0.25) is 0 Å². The molecule has 272 valence electrons. The quantitative estimate of drug-likeness (QED) is 0.141. The van der Waals surface area contributed by atoms with Gasteiger partial charge in [0.1, 0.15) is 24.7 Å². The second kappa shape index (κ2) is 19.3. The Morgan fingerprint density at radius 3 is 1.53 bits per heavy atom. The second-order valence-electron chi connectivity index (χ2n) is 11.9. The van der Waals surface area contributed by atoms with E-state index in [0.29, 0.717) is 0 Å². The van der Waals surface area contributed by atoms with E-state index in [4.69, 9.17) is 49.1 Å². The largest absolute Gasteiger partial charge is 0.492 e. The number of thiophene rings is 1. The highest BCUT2D eigenvalue weighted by Gasteiger charge is 2.19. The van der Waals surface area contributed by atoms with Gasteiger partial charge in [0, 0.05) is 35.9 Å². The Hall–Kier alpha value is -5.18. The molecule has 0 unspecified atom stereocenters. The van der Waals surface area contributed by atoms with Gasteiger partial charge in [0.2, 0.25) is 0 Å². The van der Waals surface area contributed by atoms with Crippen molar-refractivity contribution in [3.8, 4) is 21.9 Å². The van der Waals surface area contributed by atoms with E-state index in [9.17, 15) is 0 Å². The van der Waals surface area contributed by atoms with E-state index in [2.05, 4.69) is 94.5 Å². The molecule has 3 heterocycles. The number of ether oxygens (including phenoxy) is 2. The highest BCUT2D eigenvalue weighted by molar-refractivity contribution is 7.23. The average molecular weight is 722 g/mol. The van der Waals surface area contributed by atoms with Gasteiger partial charge in [0.25, 0.3) is 0 Å². The van der Waals surface area contributed by atoms with Gasteiger partial charge in [-0.3, -0.25) is 9.80 Å². The van der Waals surface area contributed by atoms with E-state index >= 15 is 0 Å². The first-order valence-electron chi connectivity index (χ1n) is 16.6. The van der Waals surface area contributed by atoms with Crippen LogP contribution >= 0.6 is 11.3 Å². The van der Waals surface area contributed by atoms with E-state index in [1.165, 1.54) is 78.1 Å². The van der Waals surface area contributed by atoms with Crippen LogP contribution in [0.3, 0.4) is 0 Å². The Morgan fingerprint density at radius 2 is 1.08 bits per heavy atom. The molecule has 2 aliphatic heterocycles. The molecule has 14 heteroatoms. The molecular weight excluding hydrogens is 678 g/mol. The highest BCUT2D eigenvalue weighted by Crippen LogP contribution is 2.46. The molecule has 3 aromatic carbocycles. The Balaban J connectivity index is 0.000000420. The first-order chi connectivity index (χ1) is 24.5. The summed E-state index contributed by atoms with van der Waals surface area (Å²) in [6, 6.07) is 25.8. The second-order valence-corrected chi connectivity index (χ2v) is 12.9. The fraction of sp³-hybridized carbons (Fsp3) is 0.351. The normalized spacial score (nSPS) is 14.1. The average Bonchev–Trinajstić information content (AvgIpc) is 3.91. The third kappa shape index (κ3) is 11.7. The van der Waals surface area contributed by atoms with Crippen molar-refractivity contribution in [3.05, 3.63) is 72.8 Å². The fourth-order valence-electron chi connectivity index (χ4n) is 5.76. The molecule has 2 saturated heterocycles. The molecule has 6 rings (SSSR count). The number of benzene rings is 3. The summed E-state index contributed by atoms with van der Waals surface area (Å²) in [6.07, 6.45) is 5.27. The van der Waals surface area contributed by atoms with Crippen LogP contribution in [-0.2, 0) is 19.2 Å². The number of aliphatic carboxylic acids is 4. The smallest absolute Gasteiger partial charge is 0.414 e. The lowest BCUT2D eigenvalue weighted by atomic mass is 10.1. The Bertz CT molecular complexity index is 1700. The number of nitrogens with zero attached hydrogens (tertiary/aromatic N) is 3. The van der Waals surface area contributed by atoms with Gasteiger partial charge in [-0.15, -0.1) is 11.3 Å². The summed E-state index contributed by atoms with van der Waals surface area (Å²) < 4.78 is 13.4. The van der Waals surface area contributed by atoms with Crippen molar-refractivity contribution in [2.75, 3.05) is 64.4 Å². The molecule has 4 aromatic rings. The van der Waals surface area contributed by atoms with E-state index in [-0.39, 0.29) is 0 Å². The number of hydrogen-bond donors (Lipinski definition) is 4. The van der Waals surface area contributed by atoms with E-state index in [1.54, 1.807) is 0 Å². The van der Waals surface area contributed by atoms with Crippen molar-refractivity contribution in [1.29, 1.82) is 0 Å². The third-order valence-electron chi connectivity index (χ3n) is 8.36. The molecule has 0 atom stereocenters. The Kier molecular flexibility index (Phi) is 14.6. The zero-order valence-electron chi connectivity index (χ0n) is 28.4. The molecule has 13 nitrogen and oxygen atoms in total. The van der Waals surface area contributed by atoms with Crippen LogP contribution in [0.15, 0.2) is 72.8 Å². The monoisotopic (exact) mass is 721 g/mol. The molecule has 2 fully saturated rings. The molecule has 0 amide bonds. The minimum absolute atomic E-state index is 0.743. The van der Waals surface area contributed by atoms with Gasteiger partial charge in [-0.2, -0.15) is 0 Å². The van der Waals surface area contributed by atoms with Crippen molar-refractivity contribution < 1.29 is 49.1 Å². The Labute approximate surface area is 299 Å². The number of anilines is 2. The first-order valence-corrected chi connectivity index (χ1v) is 17.4. The van der Waals surface area contributed by atoms with Gasteiger partial charge in [-0.05, 0) is 112 Å². The van der Waals surface area contributed by atoms with Gasteiger partial charge in [0.15, 0.2) is 0 Å².